The molecule has 2 aromatic carbocycles. The van der Waals surface area contributed by atoms with E-state index in [9.17, 15) is 9.18 Å². The Kier molecular flexibility index (Phi) is 2.46. The molecule has 0 aromatic heterocycles. The molecule has 0 radical (unpaired) electrons. The van der Waals surface area contributed by atoms with Gasteiger partial charge in [0.15, 0.2) is 0 Å². The van der Waals surface area contributed by atoms with Gasteiger partial charge in [-0.2, -0.15) is 5.26 Å². The van der Waals surface area contributed by atoms with Crippen LogP contribution in [0.1, 0.15) is 15.9 Å². The topological polar surface area (TPSA) is 40.9 Å². The van der Waals surface area contributed by atoms with Crippen LogP contribution in [0.3, 0.4) is 0 Å². The van der Waals surface area contributed by atoms with Crippen LogP contribution in [0, 0.1) is 11.3 Å². The van der Waals surface area contributed by atoms with Crippen LogP contribution in [0.5, 0.6) is 0 Å². The maximum atomic E-state index is 14.1. The minimum absolute atomic E-state index is 0.154. The molecule has 3 heteroatoms. The minimum atomic E-state index is -2.39. The fourth-order valence-corrected chi connectivity index (χ4v) is 2.42. The van der Waals surface area contributed by atoms with E-state index in [1.54, 1.807) is 18.2 Å². The molecule has 0 saturated carbocycles. The first kappa shape index (κ1) is 11.6. The summed E-state index contributed by atoms with van der Waals surface area (Å²) in [7, 11) is 0. The molecule has 0 aliphatic heterocycles. The SMILES string of the molecule is N#CC1(F)Cc2cc(-c3ccccc3)ccc2C1=O. The lowest BCUT2D eigenvalue weighted by molar-refractivity contribution is 0.0820. The van der Waals surface area contributed by atoms with E-state index >= 15 is 0 Å². The zero-order valence-electron chi connectivity index (χ0n) is 10.1. The van der Waals surface area contributed by atoms with E-state index in [1.165, 1.54) is 6.07 Å². The Hall–Kier alpha value is -2.47. The van der Waals surface area contributed by atoms with E-state index in [0.717, 1.165) is 11.1 Å². The van der Waals surface area contributed by atoms with Crippen molar-refractivity contribution in [3.8, 4) is 17.2 Å². The van der Waals surface area contributed by atoms with Crippen LogP contribution in [-0.4, -0.2) is 11.5 Å². The zero-order chi connectivity index (χ0) is 13.5. The van der Waals surface area contributed by atoms with Gasteiger partial charge in [-0.3, -0.25) is 4.79 Å². The van der Waals surface area contributed by atoms with E-state index in [0.29, 0.717) is 11.1 Å². The third-order valence-corrected chi connectivity index (χ3v) is 3.43. The highest BCUT2D eigenvalue weighted by Gasteiger charge is 2.46. The Morgan fingerprint density at radius 2 is 1.84 bits per heavy atom. The summed E-state index contributed by atoms with van der Waals surface area (Å²) in [4.78, 5) is 11.8. The number of halogens is 1. The molecule has 92 valence electrons. The number of ketones is 1. The van der Waals surface area contributed by atoms with Crippen molar-refractivity contribution in [2.75, 3.05) is 0 Å². The Morgan fingerprint density at radius 1 is 1.11 bits per heavy atom. The summed E-state index contributed by atoms with van der Waals surface area (Å²) >= 11 is 0. The van der Waals surface area contributed by atoms with Crippen molar-refractivity contribution in [2.24, 2.45) is 0 Å². The number of hydrogen-bond donors (Lipinski definition) is 0. The van der Waals surface area contributed by atoms with Gasteiger partial charge in [-0.1, -0.05) is 48.5 Å². The van der Waals surface area contributed by atoms with Gasteiger partial charge in [-0.15, -0.1) is 0 Å². The van der Waals surface area contributed by atoms with Crippen LogP contribution < -0.4 is 0 Å². The van der Waals surface area contributed by atoms with E-state index in [-0.39, 0.29) is 6.42 Å². The van der Waals surface area contributed by atoms with Gasteiger partial charge < -0.3 is 0 Å². The van der Waals surface area contributed by atoms with Gasteiger partial charge >= 0.3 is 0 Å². The Labute approximate surface area is 110 Å². The molecule has 0 fully saturated rings. The van der Waals surface area contributed by atoms with Gasteiger partial charge in [-0.05, 0) is 16.7 Å². The molecule has 0 heterocycles. The zero-order valence-corrected chi connectivity index (χ0v) is 10.1. The van der Waals surface area contributed by atoms with Crippen molar-refractivity contribution in [1.82, 2.24) is 0 Å². The summed E-state index contributed by atoms with van der Waals surface area (Å²) in [6, 6.07) is 16.3. The summed E-state index contributed by atoms with van der Waals surface area (Å²) in [5, 5.41) is 8.81. The fraction of sp³-hybridized carbons (Fsp3) is 0.125. The summed E-state index contributed by atoms with van der Waals surface area (Å²) < 4.78 is 14.1. The lowest BCUT2D eigenvalue weighted by Gasteiger charge is -2.04. The molecule has 0 bridgehead atoms. The van der Waals surface area contributed by atoms with Crippen molar-refractivity contribution < 1.29 is 9.18 Å². The van der Waals surface area contributed by atoms with Gasteiger partial charge in [0.2, 0.25) is 5.78 Å². The monoisotopic (exact) mass is 251 g/mol. The molecule has 1 atom stereocenters. The summed E-state index contributed by atoms with van der Waals surface area (Å²) in [5.41, 5.74) is 0.469. The van der Waals surface area contributed by atoms with Crippen molar-refractivity contribution in [2.45, 2.75) is 12.1 Å². The van der Waals surface area contributed by atoms with E-state index in [1.807, 2.05) is 30.3 Å². The van der Waals surface area contributed by atoms with Crippen molar-refractivity contribution >= 4 is 5.78 Å². The average Bonchev–Trinajstić information content (AvgIpc) is 2.72. The van der Waals surface area contributed by atoms with Gasteiger partial charge in [0.1, 0.15) is 6.07 Å². The first-order valence-corrected chi connectivity index (χ1v) is 5.97. The number of carbonyl (C=O) groups excluding carboxylic acids is 1. The second-order valence-corrected chi connectivity index (χ2v) is 4.66. The summed E-state index contributed by atoms with van der Waals surface area (Å²) in [6.07, 6.45) is -0.154. The minimum Gasteiger partial charge on any atom is -0.289 e. The van der Waals surface area contributed by atoms with Crippen LogP contribution in [0.2, 0.25) is 0 Å². The lowest BCUT2D eigenvalue weighted by Crippen LogP contribution is -2.27. The maximum Gasteiger partial charge on any atom is 0.261 e. The van der Waals surface area contributed by atoms with E-state index in [2.05, 4.69) is 0 Å². The highest BCUT2D eigenvalue weighted by molar-refractivity contribution is 6.09. The number of rotatable bonds is 1. The van der Waals surface area contributed by atoms with Crippen LogP contribution >= 0.6 is 0 Å². The van der Waals surface area contributed by atoms with E-state index < -0.39 is 11.5 Å². The van der Waals surface area contributed by atoms with Gasteiger partial charge in [0.25, 0.3) is 5.67 Å². The number of Topliss-reactive ketones (excluding diaryl/α,β-unsaturated/α-hetero) is 1. The van der Waals surface area contributed by atoms with Crippen molar-refractivity contribution in [3.05, 3.63) is 59.7 Å². The molecule has 0 amide bonds. The molecule has 0 N–H and O–H groups in total. The molecule has 19 heavy (non-hydrogen) atoms. The third kappa shape index (κ3) is 1.73. The van der Waals surface area contributed by atoms with Gasteiger partial charge in [0.05, 0.1) is 0 Å². The highest BCUT2D eigenvalue weighted by Crippen LogP contribution is 2.35. The standard InChI is InChI=1S/C16H10FNO/c17-16(10-18)9-13-8-12(6-7-14(13)15(16)19)11-4-2-1-3-5-11/h1-8H,9H2. The number of hydrogen-bond acceptors (Lipinski definition) is 2. The lowest BCUT2D eigenvalue weighted by atomic mass is 10.0. The third-order valence-electron chi connectivity index (χ3n) is 3.43. The van der Waals surface area contributed by atoms with Crippen molar-refractivity contribution in [1.29, 1.82) is 5.26 Å². The number of nitrogens with zero attached hydrogens (tertiary/aromatic N) is 1. The summed E-state index contributed by atoms with van der Waals surface area (Å²) in [6.45, 7) is 0. The quantitative estimate of drug-likeness (QED) is 0.780. The predicted molar refractivity (Wildman–Crippen MR) is 69.4 cm³/mol. The molecule has 2 aromatic rings. The second-order valence-electron chi connectivity index (χ2n) is 4.66. The molecular weight excluding hydrogens is 241 g/mol. The van der Waals surface area contributed by atoms with Crippen LogP contribution in [-0.2, 0) is 6.42 Å². The first-order chi connectivity index (χ1) is 9.14. The largest absolute Gasteiger partial charge is 0.289 e. The predicted octanol–water partition coefficient (Wildman–Crippen LogP) is 3.32. The molecule has 3 rings (SSSR count). The number of alkyl halides is 1. The fourth-order valence-electron chi connectivity index (χ4n) is 2.42. The van der Waals surface area contributed by atoms with Gasteiger partial charge in [0, 0.05) is 12.0 Å². The average molecular weight is 251 g/mol. The normalized spacial score (nSPS) is 20.9. The molecular formula is C16H10FNO. The maximum absolute atomic E-state index is 14.1. The molecule has 1 aliphatic rings. The number of nitriles is 1. The van der Waals surface area contributed by atoms with Crippen LogP contribution in [0.4, 0.5) is 4.39 Å². The number of fused-ring (bicyclic) bond motifs is 1. The Morgan fingerprint density at radius 3 is 2.53 bits per heavy atom. The van der Waals surface area contributed by atoms with E-state index in [4.69, 9.17) is 5.26 Å². The number of benzene rings is 2. The molecule has 0 saturated heterocycles. The highest BCUT2D eigenvalue weighted by atomic mass is 19.1. The Bertz CT molecular complexity index is 702. The van der Waals surface area contributed by atoms with Crippen molar-refractivity contribution in [3.63, 3.8) is 0 Å². The van der Waals surface area contributed by atoms with Crippen LogP contribution in [0.25, 0.3) is 11.1 Å². The smallest absolute Gasteiger partial charge is 0.261 e. The van der Waals surface area contributed by atoms with Gasteiger partial charge in [-0.25, -0.2) is 4.39 Å². The molecule has 2 nitrogen and oxygen atoms in total. The second kappa shape index (κ2) is 4.03. The number of carbonyl (C=O) groups is 1. The Balaban J connectivity index is 2.08. The molecule has 1 unspecified atom stereocenters. The molecule has 1 aliphatic carbocycles. The van der Waals surface area contributed by atoms with Crippen LogP contribution in [0.15, 0.2) is 48.5 Å². The summed E-state index contributed by atoms with van der Waals surface area (Å²) in [5.74, 6) is -0.718. The molecule has 0 spiro atoms. The first-order valence-electron chi connectivity index (χ1n) is 5.97.